The Morgan fingerprint density at radius 2 is 2.04 bits per heavy atom. The monoisotopic (exact) mass is 407 g/mol. The van der Waals surface area contributed by atoms with Gasteiger partial charge in [-0.05, 0) is 49.3 Å². The van der Waals surface area contributed by atoms with E-state index in [1.807, 2.05) is 13.0 Å². The molecular formula is C19H25N3O3S2. The van der Waals surface area contributed by atoms with Crippen LogP contribution in [0.4, 0.5) is 5.69 Å². The van der Waals surface area contributed by atoms with Crippen molar-refractivity contribution in [2.75, 3.05) is 32.1 Å². The van der Waals surface area contributed by atoms with Crippen molar-refractivity contribution in [3.05, 3.63) is 40.1 Å². The van der Waals surface area contributed by atoms with Gasteiger partial charge in [-0.15, -0.1) is 11.3 Å². The molecule has 3 heterocycles. The molecule has 2 aliphatic rings. The standard InChI is InChI=1S/C19H25N3O3S2/c1-14-5-6-16(25-2)17-18(14)27(23,24)21-19(20-17)8-11-22(12-9-19)10-7-15-4-3-13-26-15/h3-6,13,20-21H,7-12H2,1-2H3. The Hall–Kier alpha value is -1.61. The number of fused-ring (bicyclic) bond motifs is 1. The zero-order valence-electron chi connectivity index (χ0n) is 15.6. The van der Waals surface area contributed by atoms with Crippen molar-refractivity contribution >= 4 is 27.0 Å². The van der Waals surface area contributed by atoms with Crippen LogP contribution in [0.15, 0.2) is 34.5 Å². The number of likely N-dealkylation sites (tertiary alicyclic amines) is 1. The van der Waals surface area contributed by atoms with Crippen LogP contribution in [0.25, 0.3) is 0 Å². The van der Waals surface area contributed by atoms with Gasteiger partial charge in [-0.25, -0.2) is 8.42 Å². The van der Waals surface area contributed by atoms with Gasteiger partial charge < -0.3 is 15.0 Å². The number of hydrogen-bond donors (Lipinski definition) is 2. The topological polar surface area (TPSA) is 70.7 Å². The molecule has 27 heavy (non-hydrogen) atoms. The van der Waals surface area contributed by atoms with Crippen molar-refractivity contribution in [3.63, 3.8) is 0 Å². The number of thiophene rings is 1. The summed E-state index contributed by atoms with van der Waals surface area (Å²) in [5, 5.41) is 5.58. The van der Waals surface area contributed by atoms with Gasteiger partial charge >= 0.3 is 0 Å². The predicted octanol–water partition coefficient (Wildman–Crippen LogP) is 2.80. The molecular weight excluding hydrogens is 382 g/mol. The third-order valence-corrected chi connectivity index (χ3v) is 8.12. The van der Waals surface area contributed by atoms with E-state index in [1.54, 1.807) is 24.5 Å². The van der Waals surface area contributed by atoms with Gasteiger partial charge in [0.15, 0.2) is 0 Å². The zero-order valence-corrected chi connectivity index (χ0v) is 17.3. The van der Waals surface area contributed by atoms with Gasteiger partial charge in [0.05, 0.1) is 12.8 Å². The minimum atomic E-state index is -3.59. The molecule has 0 bridgehead atoms. The first-order valence-electron chi connectivity index (χ1n) is 9.17. The molecule has 146 valence electrons. The molecule has 1 fully saturated rings. The fourth-order valence-corrected chi connectivity index (χ4v) is 6.47. The van der Waals surface area contributed by atoms with E-state index in [4.69, 9.17) is 4.74 Å². The number of piperidine rings is 1. The van der Waals surface area contributed by atoms with Gasteiger partial charge in [0, 0.05) is 24.5 Å². The molecule has 4 rings (SSSR count). The van der Waals surface area contributed by atoms with Crippen molar-refractivity contribution in [2.24, 2.45) is 0 Å². The second kappa shape index (κ2) is 7.09. The molecule has 8 heteroatoms. The lowest BCUT2D eigenvalue weighted by Crippen LogP contribution is -2.62. The van der Waals surface area contributed by atoms with E-state index < -0.39 is 15.7 Å². The highest BCUT2D eigenvalue weighted by molar-refractivity contribution is 7.89. The van der Waals surface area contributed by atoms with Gasteiger partial charge in [-0.1, -0.05) is 12.1 Å². The summed E-state index contributed by atoms with van der Waals surface area (Å²) in [4.78, 5) is 4.10. The molecule has 2 aromatic rings. The lowest BCUT2D eigenvalue weighted by molar-refractivity contribution is 0.166. The van der Waals surface area contributed by atoms with Crippen LogP contribution in [0, 0.1) is 6.92 Å². The number of anilines is 1. The molecule has 2 aliphatic heterocycles. The van der Waals surface area contributed by atoms with E-state index in [0.717, 1.165) is 26.1 Å². The number of nitrogens with one attached hydrogen (secondary N) is 2. The number of ether oxygens (including phenoxy) is 1. The van der Waals surface area contributed by atoms with Gasteiger partial charge in [0.25, 0.3) is 0 Å². The summed E-state index contributed by atoms with van der Waals surface area (Å²) >= 11 is 1.79. The van der Waals surface area contributed by atoms with E-state index in [1.165, 1.54) is 4.88 Å². The molecule has 1 aromatic heterocycles. The molecule has 1 spiro atoms. The number of methoxy groups -OCH3 is 1. The van der Waals surface area contributed by atoms with Crippen LogP contribution >= 0.6 is 11.3 Å². The molecule has 0 atom stereocenters. The summed E-state index contributed by atoms with van der Waals surface area (Å²) in [6.07, 6.45) is 2.47. The molecule has 2 N–H and O–H groups in total. The zero-order chi connectivity index (χ0) is 19.1. The van der Waals surface area contributed by atoms with Crippen molar-refractivity contribution < 1.29 is 13.2 Å². The maximum absolute atomic E-state index is 13.0. The second-order valence-electron chi connectivity index (χ2n) is 7.27. The van der Waals surface area contributed by atoms with Crippen LogP contribution in [0.2, 0.25) is 0 Å². The summed E-state index contributed by atoms with van der Waals surface area (Å²) in [5.41, 5.74) is 0.657. The van der Waals surface area contributed by atoms with Gasteiger partial charge in [-0.3, -0.25) is 0 Å². The number of hydrogen-bond acceptors (Lipinski definition) is 6. The average molecular weight is 408 g/mol. The van der Waals surface area contributed by atoms with Crippen LogP contribution in [0.1, 0.15) is 23.3 Å². The van der Waals surface area contributed by atoms with Gasteiger partial charge in [0.2, 0.25) is 10.0 Å². The van der Waals surface area contributed by atoms with E-state index in [2.05, 4.69) is 32.5 Å². The van der Waals surface area contributed by atoms with E-state index >= 15 is 0 Å². The highest BCUT2D eigenvalue weighted by Crippen LogP contribution is 2.42. The molecule has 0 saturated carbocycles. The van der Waals surface area contributed by atoms with Crippen LogP contribution in [0.5, 0.6) is 5.75 Å². The Bertz CT molecular complexity index is 918. The molecule has 0 aliphatic carbocycles. The Labute approximate surface area is 164 Å². The first kappa shape index (κ1) is 18.7. The molecule has 1 saturated heterocycles. The lowest BCUT2D eigenvalue weighted by atomic mass is 9.96. The summed E-state index contributed by atoms with van der Waals surface area (Å²) in [7, 11) is -2.02. The highest BCUT2D eigenvalue weighted by Gasteiger charge is 2.44. The maximum atomic E-state index is 13.0. The first-order valence-corrected chi connectivity index (χ1v) is 11.5. The highest BCUT2D eigenvalue weighted by atomic mass is 32.2. The normalized spacial score (nSPS) is 20.8. The van der Waals surface area contributed by atoms with Crippen LogP contribution in [0.3, 0.4) is 0 Å². The van der Waals surface area contributed by atoms with Crippen LogP contribution < -0.4 is 14.8 Å². The smallest absolute Gasteiger partial charge is 0.244 e. The Morgan fingerprint density at radius 1 is 1.26 bits per heavy atom. The number of sulfonamides is 1. The van der Waals surface area contributed by atoms with Crippen molar-refractivity contribution in [1.82, 2.24) is 9.62 Å². The third kappa shape index (κ3) is 3.59. The average Bonchev–Trinajstić information content (AvgIpc) is 3.14. The summed E-state index contributed by atoms with van der Waals surface area (Å²) in [5.74, 6) is 0.570. The molecule has 0 radical (unpaired) electrons. The van der Waals surface area contributed by atoms with E-state index in [-0.39, 0.29) is 0 Å². The Kier molecular flexibility index (Phi) is 4.92. The second-order valence-corrected chi connectivity index (χ2v) is 9.92. The fraction of sp³-hybridized carbons (Fsp3) is 0.474. The Balaban J connectivity index is 1.52. The molecule has 0 amide bonds. The number of rotatable bonds is 4. The molecule has 1 aromatic carbocycles. The van der Waals surface area contributed by atoms with E-state index in [9.17, 15) is 8.42 Å². The largest absolute Gasteiger partial charge is 0.495 e. The van der Waals surface area contributed by atoms with Crippen LogP contribution in [-0.2, 0) is 16.4 Å². The van der Waals surface area contributed by atoms with Crippen molar-refractivity contribution in [3.8, 4) is 5.75 Å². The minimum absolute atomic E-state index is 0.299. The van der Waals surface area contributed by atoms with Gasteiger partial charge in [-0.2, -0.15) is 4.72 Å². The van der Waals surface area contributed by atoms with Crippen molar-refractivity contribution in [1.29, 1.82) is 0 Å². The minimum Gasteiger partial charge on any atom is -0.495 e. The number of benzene rings is 1. The quantitative estimate of drug-likeness (QED) is 0.816. The fourth-order valence-electron chi connectivity index (χ4n) is 3.99. The lowest BCUT2D eigenvalue weighted by Gasteiger charge is -2.46. The summed E-state index contributed by atoms with van der Waals surface area (Å²) < 4.78 is 34.3. The SMILES string of the molecule is COc1ccc(C)c2c1NC1(CCN(CCc3cccs3)CC1)NS2(=O)=O. The first-order chi connectivity index (χ1) is 12.9. The summed E-state index contributed by atoms with van der Waals surface area (Å²) in [6, 6.07) is 7.85. The molecule has 0 unspecified atom stereocenters. The maximum Gasteiger partial charge on any atom is 0.244 e. The van der Waals surface area contributed by atoms with E-state index in [0.29, 0.717) is 34.7 Å². The number of aryl methyl sites for hydroxylation is 1. The van der Waals surface area contributed by atoms with Crippen molar-refractivity contribution in [2.45, 2.75) is 36.7 Å². The predicted molar refractivity (Wildman–Crippen MR) is 108 cm³/mol. The Morgan fingerprint density at radius 3 is 2.70 bits per heavy atom. The van der Waals surface area contributed by atoms with Crippen LogP contribution in [-0.4, -0.2) is 45.7 Å². The number of nitrogens with zero attached hydrogens (tertiary/aromatic N) is 1. The molecule has 6 nitrogen and oxygen atoms in total. The third-order valence-electron chi connectivity index (χ3n) is 5.46. The summed E-state index contributed by atoms with van der Waals surface area (Å²) in [6.45, 7) is 4.52. The van der Waals surface area contributed by atoms with Gasteiger partial charge in [0.1, 0.15) is 16.3 Å².